The van der Waals surface area contributed by atoms with Crippen LogP contribution in [0.15, 0.2) is 46.8 Å². The molecule has 1 unspecified atom stereocenters. The summed E-state index contributed by atoms with van der Waals surface area (Å²) in [7, 11) is -7.57. The van der Waals surface area contributed by atoms with Crippen molar-refractivity contribution in [3.8, 4) is 0 Å². The van der Waals surface area contributed by atoms with Crippen LogP contribution in [0.3, 0.4) is 0 Å². The van der Waals surface area contributed by atoms with Gasteiger partial charge in [0.1, 0.15) is 0 Å². The van der Waals surface area contributed by atoms with Crippen LogP contribution in [-0.2, 0) is 19.7 Å². The molecule has 5 nitrogen and oxygen atoms in total. The molecule has 1 atom stereocenters. The van der Waals surface area contributed by atoms with Gasteiger partial charge >= 0.3 is 0 Å². The van der Waals surface area contributed by atoms with Gasteiger partial charge in [-0.3, -0.25) is 0 Å². The third kappa shape index (κ3) is 8.49. The highest BCUT2D eigenvalue weighted by Gasteiger charge is 2.49. The van der Waals surface area contributed by atoms with Crippen LogP contribution in [0.2, 0.25) is 0 Å². The normalized spacial score (nSPS) is 18.0. The van der Waals surface area contributed by atoms with Crippen molar-refractivity contribution in [1.82, 2.24) is 0 Å². The van der Waals surface area contributed by atoms with E-state index in [1.807, 2.05) is 0 Å². The van der Waals surface area contributed by atoms with Crippen LogP contribution in [0, 0.1) is 5.41 Å². The maximum Gasteiger partial charge on any atom is 0.175 e. The molecular weight excluding hydrogens is 466 g/mol. The Balaban J connectivity index is 3.08. The molecule has 0 saturated carbocycles. The number of hydrogen-bond donors (Lipinski definition) is 1. The minimum Gasteiger partial charge on any atom is -0.323 e. The summed E-state index contributed by atoms with van der Waals surface area (Å²) >= 11 is 0. The van der Waals surface area contributed by atoms with Crippen molar-refractivity contribution in [1.29, 1.82) is 0 Å². The Labute approximate surface area is 209 Å². The number of allylic oxidation sites excluding steroid dienone is 2. The zero-order valence-electron chi connectivity index (χ0n) is 21.6. The topological polar surface area (TPSA) is 94.3 Å². The van der Waals surface area contributed by atoms with E-state index in [1.54, 1.807) is 25.2 Å². The van der Waals surface area contributed by atoms with Gasteiger partial charge in [-0.1, -0.05) is 115 Å². The Morgan fingerprint density at radius 2 is 1.18 bits per heavy atom. The molecule has 0 aromatic rings. The highest BCUT2D eigenvalue weighted by atomic mass is 32.2. The van der Waals surface area contributed by atoms with Crippen molar-refractivity contribution in [2.24, 2.45) is 11.1 Å². The molecule has 1 rings (SSSR count). The first kappa shape index (κ1) is 30.9. The smallest absolute Gasteiger partial charge is 0.175 e. The second-order valence-corrected chi connectivity index (χ2v) is 13.9. The molecule has 0 radical (unpaired) electrons. The van der Waals surface area contributed by atoms with Gasteiger partial charge in [-0.15, -0.1) is 0 Å². The number of hydrogen-bond acceptors (Lipinski definition) is 5. The van der Waals surface area contributed by atoms with Crippen molar-refractivity contribution in [3.63, 3.8) is 0 Å². The first-order chi connectivity index (χ1) is 16.0. The molecule has 0 aromatic heterocycles. The van der Waals surface area contributed by atoms with E-state index >= 15 is 0 Å². The molecule has 196 valence electrons. The van der Waals surface area contributed by atoms with E-state index in [2.05, 4.69) is 27.0 Å². The van der Waals surface area contributed by atoms with E-state index in [0.717, 1.165) is 69.8 Å². The maximum atomic E-state index is 13.3. The van der Waals surface area contributed by atoms with Crippen LogP contribution in [0.4, 0.5) is 0 Å². The molecular formula is C27H47NO4S2. The Bertz CT molecular complexity index is 885. The standard InChI is InChI=1S/C27H47NO4S2/c1-6-8-10-12-14-16-20-33(29,30)24(4)27(22-23(3)18-19-26(27)28)25(5)34(31,32)21-17-15-13-11-9-7-2/h18-19,22,26H,4-17,20-21,28H2,1-3H3. The third-order valence-electron chi connectivity index (χ3n) is 6.75. The average Bonchev–Trinajstić information content (AvgIpc) is 2.79. The number of nitrogens with two attached hydrogens (primary N) is 1. The first-order valence-electron chi connectivity index (χ1n) is 12.9. The fourth-order valence-corrected chi connectivity index (χ4v) is 7.90. The molecule has 34 heavy (non-hydrogen) atoms. The molecule has 0 aliphatic heterocycles. The summed E-state index contributed by atoms with van der Waals surface area (Å²) in [5.74, 6) is -0.123. The lowest BCUT2D eigenvalue weighted by atomic mass is 9.75. The van der Waals surface area contributed by atoms with Crippen molar-refractivity contribution in [3.05, 3.63) is 46.8 Å². The molecule has 0 fully saturated rings. The predicted octanol–water partition coefficient (Wildman–Crippen LogP) is 6.39. The summed E-state index contributed by atoms with van der Waals surface area (Å²) in [6.45, 7) is 13.9. The van der Waals surface area contributed by atoms with Gasteiger partial charge in [0.25, 0.3) is 0 Å². The SMILES string of the molecule is C=C(C1(C(=C)S(=O)(=O)CCCCCCCC)C=C(C)C=CC1N)S(=O)(=O)CCCCCCCC. The van der Waals surface area contributed by atoms with Gasteiger partial charge < -0.3 is 5.73 Å². The zero-order chi connectivity index (χ0) is 25.8. The van der Waals surface area contributed by atoms with E-state index in [-0.39, 0.29) is 21.3 Å². The second-order valence-electron chi connectivity index (χ2n) is 9.66. The quantitative estimate of drug-likeness (QED) is 0.214. The van der Waals surface area contributed by atoms with Crippen LogP contribution < -0.4 is 5.73 Å². The van der Waals surface area contributed by atoms with E-state index in [9.17, 15) is 16.8 Å². The molecule has 2 N–H and O–H groups in total. The molecule has 0 saturated heterocycles. The number of sulfone groups is 2. The summed E-state index contributed by atoms with van der Waals surface area (Å²) in [5, 5.41) is 0. The van der Waals surface area contributed by atoms with Gasteiger partial charge in [-0.25, -0.2) is 16.8 Å². The lowest BCUT2D eigenvalue weighted by Gasteiger charge is -2.40. The summed E-state index contributed by atoms with van der Waals surface area (Å²) in [6.07, 6.45) is 16.5. The van der Waals surface area contributed by atoms with Crippen LogP contribution in [0.5, 0.6) is 0 Å². The van der Waals surface area contributed by atoms with E-state index in [0.29, 0.717) is 12.8 Å². The Morgan fingerprint density at radius 1 is 0.794 bits per heavy atom. The fraction of sp³-hybridized carbons (Fsp3) is 0.704. The van der Waals surface area contributed by atoms with Crippen molar-refractivity contribution >= 4 is 19.7 Å². The number of unbranched alkanes of at least 4 members (excludes halogenated alkanes) is 10. The summed E-state index contributed by atoms with van der Waals surface area (Å²) in [6, 6.07) is -0.866. The zero-order valence-corrected chi connectivity index (χ0v) is 23.3. The highest BCUT2D eigenvalue weighted by Crippen LogP contribution is 2.47. The lowest BCUT2D eigenvalue weighted by molar-refractivity contribution is 0.495. The summed E-state index contributed by atoms with van der Waals surface area (Å²) in [5.41, 5.74) is 5.60. The minimum absolute atomic E-state index is 0.0617. The second kappa shape index (κ2) is 14.4. The lowest BCUT2D eigenvalue weighted by Crippen LogP contribution is -2.47. The van der Waals surface area contributed by atoms with Crippen molar-refractivity contribution in [2.75, 3.05) is 11.5 Å². The molecule has 0 bridgehead atoms. The predicted molar refractivity (Wildman–Crippen MR) is 146 cm³/mol. The monoisotopic (exact) mass is 513 g/mol. The third-order valence-corrected chi connectivity index (χ3v) is 10.6. The van der Waals surface area contributed by atoms with Crippen LogP contribution in [0.25, 0.3) is 0 Å². The Kier molecular flexibility index (Phi) is 13.1. The maximum absolute atomic E-state index is 13.3. The number of rotatable bonds is 18. The van der Waals surface area contributed by atoms with E-state index in [1.165, 1.54) is 0 Å². The van der Waals surface area contributed by atoms with Gasteiger partial charge in [-0.2, -0.15) is 0 Å². The van der Waals surface area contributed by atoms with E-state index in [4.69, 9.17) is 5.73 Å². The van der Waals surface area contributed by atoms with Crippen LogP contribution in [0.1, 0.15) is 97.8 Å². The van der Waals surface area contributed by atoms with Gasteiger partial charge in [-0.05, 0) is 19.8 Å². The highest BCUT2D eigenvalue weighted by molar-refractivity contribution is 7.96. The van der Waals surface area contributed by atoms with Gasteiger partial charge in [0.15, 0.2) is 19.7 Å². The van der Waals surface area contributed by atoms with Crippen molar-refractivity contribution in [2.45, 2.75) is 104 Å². The Hall–Kier alpha value is -1.18. The molecule has 0 spiro atoms. The fourth-order valence-electron chi connectivity index (χ4n) is 4.50. The molecule has 7 heteroatoms. The van der Waals surface area contributed by atoms with Gasteiger partial charge in [0.2, 0.25) is 0 Å². The molecule has 1 aliphatic rings. The molecule has 0 heterocycles. The Morgan fingerprint density at radius 3 is 1.59 bits per heavy atom. The van der Waals surface area contributed by atoms with Crippen LogP contribution in [-0.4, -0.2) is 34.4 Å². The van der Waals surface area contributed by atoms with E-state index < -0.39 is 31.1 Å². The summed E-state index contributed by atoms with van der Waals surface area (Å²) in [4.78, 5) is -0.303. The van der Waals surface area contributed by atoms with Gasteiger partial charge in [0.05, 0.1) is 26.7 Å². The summed E-state index contributed by atoms with van der Waals surface area (Å²) < 4.78 is 53.3. The molecule has 0 amide bonds. The first-order valence-corrected chi connectivity index (χ1v) is 16.2. The molecule has 0 aromatic carbocycles. The van der Waals surface area contributed by atoms with Crippen LogP contribution >= 0.6 is 0 Å². The van der Waals surface area contributed by atoms with Gasteiger partial charge in [0, 0.05) is 6.04 Å². The van der Waals surface area contributed by atoms with Crippen molar-refractivity contribution < 1.29 is 16.8 Å². The minimum atomic E-state index is -3.79. The largest absolute Gasteiger partial charge is 0.323 e. The average molecular weight is 514 g/mol. The molecule has 1 aliphatic carbocycles.